The molecular formula is C26H18Cl3N3O5. The van der Waals surface area contributed by atoms with Gasteiger partial charge in [-0.05, 0) is 49.4 Å². The van der Waals surface area contributed by atoms with Crippen molar-refractivity contribution in [2.75, 3.05) is 17.7 Å². The predicted molar refractivity (Wildman–Crippen MR) is 142 cm³/mol. The minimum atomic E-state index is -0.714. The van der Waals surface area contributed by atoms with Crippen molar-refractivity contribution in [2.24, 2.45) is 0 Å². The number of rotatable bonds is 6. The molecule has 0 aliphatic rings. The van der Waals surface area contributed by atoms with Crippen molar-refractivity contribution in [3.63, 3.8) is 0 Å². The monoisotopic (exact) mass is 557 g/mol. The molecule has 0 bridgehead atoms. The van der Waals surface area contributed by atoms with Crippen LogP contribution in [-0.4, -0.2) is 30.1 Å². The fourth-order valence-corrected chi connectivity index (χ4v) is 4.09. The van der Waals surface area contributed by atoms with E-state index in [4.69, 9.17) is 44.1 Å². The molecule has 2 amide bonds. The molecule has 0 spiro atoms. The lowest BCUT2D eigenvalue weighted by Crippen LogP contribution is -2.18. The number of halogens is 3. The smallest absolute Gasteiger partial charge is 0.339 e. The summed E-state index contributed by atoms with van der Waals surface area (Å²) in [6.45, 7) is 1.57. The Hall–Kier alpha value is -3.85. The molecule has 0 aliphatic heterocycles. The molecule has 3 aromatic carbocycles. The maximum absolute atomic E-state index is 13.4. The molecule has 0 saturated carbocycles. The second kappa shape index (κ2) is 11.0. The van der Waals surface area contributed by atoms with Gasteiger partial charge in [0.1, 0.15) is 17.0 Å². The minimum Gasteiger partial charge on any atom is -0.465 e. The van der Waals surface area contributed by atoms with Gasteiger partial charge in [0.05, 0.1) is 34.1 Å². The Kier molecular flexibility index (Phi) is 7.83. The molecule has 0 radical (unpaired) electrons. The number of aromatic nitrogens is 1. The van der Waals surface area contributed by atoms with Crippen molar-refractivity contribution in [3.05, 3.63) is 98.2 Å². The van der Waals surface area contributed by atoms with Crippen LogP contribution in [0.5, 0.6) is 0 Å². The first-order valence-electron chi connectivity index (χ1n) is 10.7. The van der Waals surface area contributed by atoms with Gasteiger partial charge in [0.2, 0.25) is 0 Å². The van der Waals surface area contributed by atoms with E-state index in [2.05, 4.69) is 15.8 Å². The van der Waals surface area contributed by atoms with Crippen LogP contribution in [0.2, 0.25) is 15.1 Å². The van der Waals surface area contributed by atoms with Gasteiger partial charge in [-0.25, -0.2) is 4.79 Å². The summed E-state index contributed by atoms with van der Waals surface area (Å²) >= 11 is 18.4. The molecule has 11 heteroatoms. The fraction of sp³-hybridized carbons (Fsp3) is 0.0769. The Labute approximate surface area is 226 Å². The van der Waals surface area contributed by atoms with Gasteiger partial charge in [-0.3, -0.25) is 9.59 Å². The van der Waals surface area contributed by atoms with Crippen molar-refractivity contribution < 1.29 is 23.6 Å². The normalized spacial score (nSPS) is 10.6. The molecule has 0 fully saturated rings. The average molecular weight is 559 g/mol. The summed E-state index contributed by atoms with van der Waals surface area (Å²) in [5.74, 6) is -1.66. The number of amides is 2. The molecule has 4 rings (SSSR count). The number of hydrogen-bond acceptors (Lipinski definition) is 6. The standard InChI is InChI=1S/C26H18Cl3N3O5/c1-13-22(23(32-37-13)16-5-3-4-6-18(16)28)25(34)30-20-11-14(7-9-17(20)26(35)36-2)24(33)31-21-12-15(27)8-10-19(21)29/h3-12H,1-2H3,(H,30,34)(H,31,33). The molecule has 2 N–H and O–H groups in total. The van der Waals surface area contributed by atoms with E-state index in [-0.39, 0.29) is 38.9 Å². The van der Waals surface area contributed by atoms with E-state index < -0.39 is 17.8 Å². The van der Waals surface area contributed by atoms with E-state index in [0.29, 0.717) is 21.3 Å². The number of carbonyl (C=O) groups excluding carboxylic acids is 3. The van der Waals surface area contributed by atoms with Crippen molar-refractivity contribution in [3.8, 4) is 11.3 Å². The first-order valence-corrected chi connectivity index (χ1v) is 11.8. The van der Waals surface area contributed by atoms with Crippen LogP contribution < -0.4 is 10.6 Å². The van der Waals surface area contributed by atoms with Crippen LogP contribution in [0, 0.1) is 6.92 Å². The highest BCUT2D eigenvalue weighted by Crippen LogP contribution is 2.32. The number of anilines is 2. The molecule has 0 saturated heterocycles. The van der Waals surface area contributed by atoms with Gasteiger partial charge in [-0.1, -0.05) is 58.2 Å². The van der Waals surface area contributed by atoms with Gasteiger partial charge in [0, 0.05) is 16.1 Å². The Bertz CT molecular complexity index is 1530. The Morgan fingerprint density at radius 1 is 0.865 bits per heavy atom. The number of hydrogen-bond donors (Lipinski definition) is 2. The highest BCUT2D eigenvalue weighted by Gasteiger charge is 2.25. The maximum Gasteiger partial charge on any atom is 0.339 e. The van der Waals surface area contributed by atoms with E-state index >= 15 is 0 Å². The number of benzene rings is 3. The first kappa shape index (κ1) is 26.2. The van der Waals surface area contributed by atoms with Crippen LogP contribution in [-0.2, 0) is 4.74 Å². The highest BCUT2D eigenvalue weighted by molar-refractivity contribution is 6.36. The van der Waals surface area contributed by atoms with Gasteiger partial charge >= 0.3 is 5.97 Å². The van der Waals surface area contributed by atoms with Crippen molar-refractivity contribution in [1.29, 1.82) is 0 Å². The van der Waals surface area contributed by atoms with E-state index in [1.165, 1.54) is 31.4 Å². The lowest BCUT2D eigenvalue weighted by Gasteiger charge is -2.13. The van der Waals surface area contributed by atoms with Crippen LogP contribution in [0.15, 0.2) is 65.2 Å². The molecule has 1 aromatic heterocycles. The lowest BCUT2D eigenvalue weighted by atomic mass is 10.0. The zero-order chi connectivity index (χ0) is 26.7. The quantitative estimate of drug-likeness (QED) is 0.249. The highest BCUT2D eigenvalue weighted by atomic mass is 35.5. The van der Waals surface area contributed by atoms with E-state index in [0.717, 1.165) is 0 Å². The third-order valence-electron chi connectivity index (χ3n) is 5.33. The average Bonchev–Trinajstić information content (AvgIpc) is 3.27. The summed E-state index contributed by atoms with van der Waals surface area (Å²) in [4.78, 5) is 38.7. The van der Waals surface area contributed by atoms with Crippen LogP contribution in [0.3, 0.4) is 0 Å². The third-order valence-corrected chi connectivity index (χ3v) is 6.22. The summed E-state index contributed by atoms with van der Waals surface area (Å²) in [5.41, 5.74) is 1.33. The van der Waals surface area contributed by atoms with E-state index in [1.807, 2.05) is 0 Å². The summed E-state index contributed by atoms with van der Waals surface area (Å²) in [7, 11) is 1.20. The van der Waals surface area contributed by atoms with Crippen molar-refractivity contribution in [2.45, 2.75) is 6.92 Å². The molecule has 1 heterocycles. The van der Waals surface area contributed by atoms with Gasteiger partial charge < -0.3 is 19.9 Å². The molecule has 0 unspecified atom stereocenters. The predicted octanol–water partition coefficient (Wildman–Crippen LogP) is 6.90. The van der Waals surface area contributed by atoms with E-state index in [9.17, 15) is 14.4 Å². The molecule has 37 heavy (non-hydrogen) atoms. The maximum atomic E-state index is 13.4. The van der Waals surface area contributed by atoms with Gasteiger partial charge in [0.15, 0.2) is 0 Å². The second-order valence-corrected chi connectivity index (χ2v) is 8.98. The number of aryl methyl sites for hydroxylation is 1. The first-order chi connectivity index (χ1) is 17.7. The van der Waals surface area contributed by atoms with Crippen molar-refractivity contribution in [1.82, 2.24) is 5.16 Å². The molecule has 188 valence electrons. The zero-order valence-electron chi connectivity index (χ0n) is 19.4. The molecular weight excluding hydrogens is 541 g/mol. The number of nitrogens with zero attached hydrogens (tertiary/aromatic N) is 1. The number of ether oxygens (including phenoxy) is 1. The van der Waals surface area contributed by atoms with Crippen molar-refractivity contribution >= 4 is 64.0 Å². The minimum absolute atomic E-state index is 0.0292. The van der Waals surface area contributed by atoms with Gasteiger partial charge in [0.25, 0.3) is 11.8 Å². The molecule has 4 aromatic rings. The fourth-order valence-electron chi connectivity index (χ4n) is 3.53. The Balaban J connectivity index is 1.70. The topological polar surface area (TPSA) is 111 Å². The van der Waals surface area contributed by atoms with Gasteiger partial charge in [-0.2, -0.15) is 0 Å². The number of carbonyl (C=O) groups is 3. The lowest BCUT2D eigenvalue weighted by molar-refractivity contribution is 0.0601. The SMILES string of the molecule is COC(=O)c1ccc(C(=O)Nc2cc(Cl)ccc2Cl)cc1NC(=O)c1c(-c2ccccc2Cl)noc1C. The van der Waals surface area contributed by atoms with Crippen LogP contribution >= 0.6 is 34.8 Å². The number of nitrogens with one attached hydrogen (secondary N) is 2. The molecule has 8 nitrogen and oxygen atoms in total. The Morgan fingerprint density at radius 2 is 1.59 bits per heavy atom. The second-order valence-electron chi connectivity index (χ2n) is 7.73. The summed E-state index contributed by atoms with van der Waals surface area (Å²) in [6.07, 6.45) is 0. The number of methoxy groups -OCH3 is 1. The Morgan fingerprint density at radius 3 is 2.32 bits per heavy atom. The zero-order valence-corrected chi connectivity index (χ0v) is 21.7. The molecule has 0 aliphatic carbocycles. The molecule has 0 atom stereocenters. The van der Waals surface area contributed by atoms with Crippen LogP contribution in [0.4, 0.5) is 11.4 Å². The largest absolute Gasteiger partial charge is 0.465 e. The van der Waals surface area contributed by atoms with E-state index in [1.54, 1.807) is 43.3 Å². The van der Waals surface area contributed by atoms with Gasteiger partial charge in [-0.15, -0.1) is 0 Å². The third kappa shape index (κ3) is 5.61. The van der Waals surface area contributed by atoms with Crippen LogP contribution in [0.1, 0.15) is 36.8 Å². The summed E-state index contributed by atoms with van der Waals surface area (Å²) in [5, 5.41) is 10.4. The van der Waals surface area contributed by atoms with Crippen LogP contribution in [0.25, 0.3) is 11.3 Å². The number of esters is 1. The summed E-state index contributed by atoms with van der Waals surface area (Å²) in [6, 6.07) is 15.6. The summed E-state index contributed by atoms with van der Waals surface area (Å²) < 4.78 is 10.1.